The van der Waals surface area contributed by atoms with E-state index in [0.29, 0.717) is 18.1 Å². The maximum atomic E-state index is 12.8. The molecule has 3 aromatic carbocycles. The van der Waals surface area contributed by atoms with E-state index in [1.54, 1.807) is 0 Å². The number of carbonyl (C=O) groups excluding carboxylic acids is 1. The molecule has 0 spiro atoms. The molecule has 1 aromatic heterocycles. The van der Waals surface area contributed by atoms with Gasteiger partial charge in [-0.05, 0) is 49.1 Å². The van der Waals surface area contributed by atoms with Crippen LogP contribution in [0.4, 0.5) is 5.69 Å². The fourth-order valence-corrected chi connectivity index (χ4v) is 4.83. The summed E-state index contributed by atoms with van der Waals surface area (Å²) in [5.74, 6) is 2.18. The first-order valence-electron chi connectivity index (χ1n) is 11.2. The highest BCUT2D eigenvalue weighted by Crippen LogP contribution is 2.41. The van der Waals surface area contributed by atoms with E-state index in [2.05, 4.69) is 11.4 Å². The van der Waals surface area contributed by atoms with Crippen LogP contribution in [0.15, 0.2) is 71.8 Å². The first kappa shape index (κ1) is 22.2. The lowest BCUT2D eigenvalue weighted by Gasteiger charge is -2.23. The molecule has 0 fully saturated rings. The summed E-state index contributed by atoms with van der Waals surface area (Å²) in [6, 6.07) is 21.9. The van der Waals surface area contributed by atoms with Gasteiger partial charge in [0, 0.05) is 17.7 Å². The molecule has 6 heteroatoms. The average molecular weight is 468 g/mol. The number of thioether (sulfide) groups is 1. The minimum atomic E-state index is -0.0692. The molecule has 0 saturated heterocycles. The van der Waals surface area contributed by atoms with Crippen molar-refractivity contribution in [2.75, 3.05) is 11.1 Å². The molecule has 1 aliphatic rings. The fourth-order valence-electron chi connectivity index (χ4n) is 4.01. The van der Waals surface area contributed by atoms with E-state index in [9.17, 15) is 4.79 Å². The van der Waals surface area contributed by atoms with Gasteiger partial charge in [0.2, 0.25) is 11.8 Å². The molecule has 1 N–H and O–H groups in total. The van der Waals surface area contributed by atoms with Gasteiger partial charge < -0.3 is 10.1 Å². The number of amides is 1. The first-order chi connectivity index (χ1) is 16.5. The Kier molecular flexibility index (Phi) is 6.07. The number of hydrogen-bond donors (Lipinski definition) is 1. The van der Waals surface area contributed by atoms with Crippen LogP contribution in [-0.2, 0) is 11.2 Å². The SMILES string of the molecule is Cc1cccc(NC(=O)CSc2nc(-c3ccccc3)nc3c2Cc2cccc(C)c2O3)c1C. The number of para-hydroxylation sites is 1. The van der Waals surface area contributed by atoms with Crippen LogP contribution in [0.2, 0.25) is 0 Å². The third kappa shape index (κ3) is 4.41. The Balaban J connectivity index is 1.45. The van der Waals surface area contributed by atoms with Gasteiger partial charge in [-0.1, -0.05) is 72.4 Å². The molecule has 0 atom stereocenters. The molecule has 0 aliphatic carbocycles. The van der Waals surface area contributed by atoms with Crippen LogP contribution in [0.5, 0.6) is 11.6 Å². The molecule has 4 aromatic rings. The summed E-state index contributed by atoms with van der Waals surface area (Å²) in [6.07, 6.45) is 0.669. The summed E-state index contributed by atoms with van der Waals surface area (Å²) in [5, 5.41) is 3.81. The zero-order valence-corrected chi connectivity index (χ0v) is 20.2. The van der Waals surface area contributed by atoms with Gasteiger partial charge in [0.05, 0.1) is 11.3 Å². The number of anilines is 1. The molecule has 0 bridgehead atoms. The summed E-state index contributed by atoms with van der Waals surface area (Å²) < 4.78 is 6.28. The monoisotopic (exact) mass is 467 g/mol. The second-order valence-corrected chi connectivity index (χ2v) is 9.39. The summed E-state index contributed by atoms with van der Waals surface area (Å²) in [5.41, 5.74) is 7.07. The lowest BCUT2D eigenvalue weighted by Crippen LogP contribution is -2.16. The standard InChI is InChI=1S/C28H25N3O2S/c1-17-9-8-14-23(19(17)3)29-24(32)16-34-28-22-15-21-13-7-10-18(2)25(21)33-27(22)30-26(31-28)20-11-5-4-6-12-20/h4-14H,15-16H2,1-3H3,(H,29,32). The Morgan fingerprint density at radius 3 is 2.53 bits per heavy atom. The van der Waals surface area contributed by atoms with Crippen molar-refractivity contribution in [3.63, 3.8) is 0 Å². The number of nitrogens with one attached hydrogen (secondary N) is 1. The highest BCUT2D eigenvalue weighted by Gasteiger charge is 2.25. The van der Waals surface area contributed by atoms with Gasteiger partial charge in [-0.3, -0.25) is 4.79 Å². The number of carbonyl (C=O) groups is 1. The van der Waals surface area contributed by atoms with E-state index in [4.69, 9.17) is 14.7 Å². The molecule has 5 rings (SSSR count). The normalized spacial score (nSPS) is 11.9. The number of aromatic nitrogens is 2. The van der Waals surface area contributed by atoms with Gasteiger partial charge in [-0.2, -0.15) is 4.98 Å². The Hall–Kier alpha value is -3.64. The van der Waals surface area contributed by atoms with Crippen molar-refractivity contribution in [1.29, 1.82) is 0 Å². The smallest absolute Gasteiger partial charge is 0.234 e. The number of aryl methyl sites for hydroxylation is 2. The molecule has 1 aliphatic heterocycles. The van der Waals surface area contributed by atoms with Crippen molar-refractivity contribution >= 4 is 23.4 Å². The summed E-state index contributed by atoms with van der Waals surface area (Å²) in [7, 11) is 0. The Morgan fingerprint density at radius 1 is 0.941 bits per heavy atom. The molecule has 0 unspecified atom stereocenters. The predicted octanol–water partition coefficient (Wildman–Crippen LogP) is 6.50. The summed E-state index contributed by atoms with van der Waals surface area (Å²) >= 11 is 1.42. The number of benzene rings is 3. The minimum absolute atomic E-state index is 0.0692. The van der Waals surface area contributed by atoms with Crippen LogP contribution in [0.25, 0.3) is 11.4 Å². The lowest BCUT2D eigenvalue weighted by molar-refractivity contribution is -0.113. The number of rotatable bonds is 5. The van der Waals surface area contributed by atoms with Gasteiger partial charge >= 0.3 is 0 Å². The largest absolute Gasteiger partial charge is 0.438 e. The van der Waals surface area contributed by atoms with E-state index >= 15 is 0 Å². The van der Waals surface area contributed by atoms with Gasteiger partial charge in [0.25, 0.3) is 0 Å². The fraction of sp³-hybridized carbons (Fsp3) is 0.179. The van der Waals surface area contributed by atoms with Gasteiger partial charge in [0.15, 0.2) is 5.82 Å². The third-order valence-corrected chi connectivity index (χ3v) is 7.06. The maximum absolute atomic E-state index is 12.8. The number of fused-ring (bicyclic) bond motifs is 2. The topological polar surface area (TPSA) is 64.1 Å². The van der Waals surface area contributed by atoms with Gasteiger partial charge in [-0.15, -0.1) is 0 Å². The number of nitrogens with zero attached hydrogens (tertiary/aromatic N) is 2. The molecular weight excluding hydrogens is 442 g/mol. The minimum Gasteiger partial charge on any atom is -0.438 e. The number of hydrogen-bond acceptors (Lipinski definition) is 5. The Labute approximate surface area is 203 Å². The average Bonchev–Trinajstić information content (AvgIpc) is 2.85. The van der Waals surface area contributed by atoms with Crippen molar-refractivity contribution in [2.45, 2.75) is 32.2 Å². The highest BCUT2D eigenvalue weighted by atomic mass is 32.2. The zero-order valence-electron chi connectivity index (χ0n) is 19.4. The summed E-state index contributed by atoms with van der Waals surface area (Å²) in [6.45, 7) is 6.09. The number of ether oxygens (including phenoxy) is 1. The van der Waals surface area contributed by atoms with Crippen LogP contribution in [0, 0.1) is 20.8 Å². The van der Waals surface area contributed by atoms with Crippen LogP contribution >= 0.6 is 11.8 Å². The molecule has 0 radical (unpaired) electrons. The van der Waals surface area contributed by atoms with E-state index in [1.165, 1.54) is 11.8 Å². The van der Waals surface area contributed by atoms with Crippen molar-refractivity contribution in [1.82, 2.24) is 9.97 Å². The Morgan fingerprint density at radius 2 is 1.71 bits per heavy atom. The van der Waals surface area contributed by atoms with Crippen LogP contribution in [0.1, 0.15) is 27.8 Å². The first-order valence-corrected chi connectivity index (χ1v) is 12.2. The van der Waals surface area contributed by atoms with Crippen LogP contribution in [0.3, 0.4) is 0 Å². The van der Waals surface area contributed by atoms with E-state index in [0.717, 1.165) is 49.8 Å². The van der Waals surface area contributed by atoms with Crippen molar-refractivity contribution in [3.05, 3.63) is 94.5 Å². The second kappa shape index (κ2) is 9.31. The van der Waals surface area contributed by atoms with E-state index in [1.807, 2.05) is 81.4 Å². The lowest BCUT2D eigenvalue weighted by atomic mass is 10.0. The molecule has 34 heavy (non-hydrogen) atoms. The molecule has 0 saturated carbocycles. The maximum Gasteiger partial charge on any atom is 0.234 e. The van der Waals surface area contributed by atoms with Crippen molar-refractivity contribution in [2.24, 2.45) is 0 Å². The quantitative estimate of drug-likeness (QED) is 0.236. The third-order valence-electron chi connectivity index (χ3n) is 6.04. The summed E-state index contributed by atoms with van der Waals surface area (Å²) in [4.78, 5) is 22.4. The molecular formula is C28H25N3O2S. The highest BCUT2D eigenvalue weighted by molar-refractivity contribution is 8.00. The van der Waals surface area contributed by atoms with Crippen LogP contribution in [-0.4, -0.2) is 21.6 Å². The Bertz CT molecular complexity index is 1390. The molecule has 2 heterocycles. The van der Waals surface area contributed by atoms with Crippen LogP contribution < -0.4 is 10.1 Å². The van der Waals surface area contributed by atoms with Gasteiger partial charge in [-0.25, -0.2) is 4.98 Å². The van der Waals surface area contributed by atoms with Crippen molar-refractivity contribution in [3.8, 4) is 23.0 Å². The second-order valence-electron chi connectivity index (χ2n) is 8.43. The molecule has 1 amide bonds. The zero-order chi connectivity index (χ0) is 23.7. The molecule has 170 valence electrons. The predicted molar refractivity (Wildman–Crippen MR) is 137 cm³/mol. The van der Waals surface area contributed by atoms with E-state index in [-0.39, 0.29) is 11.7 Å². The van der Waals surface area contributed by atoms with Crippen molar-refractivity contribution < 1.29 is 9.53 Å². The molecule has 5 nitrogen and oxygen atoms in total. The van der Waals surface area contributed by atoms with Gasteiger partial charge in [0.1, 0.15) is 10.8 Å². The van der Waals surface area contributed by atoms with E-state index < -0.39 is 0 Å².